The van der Waals surface area contributed by atoms with Crippen molar-refractivity contribution in [3.63, 3.8) is 0 Å². The average Bonchev–Trinajstić information content (AvgIpc) is 2.40. The molecule has 0 bridgehead atoms. The number of aliphatic hydroxyl groups excluding tert-OH is 1. The van der Waals surface area contributed by atoms with E-state index in [4.69, 9.17) is 9.84 Å². The Labute approximate surface area is 117 Å². The van der Waals surface area contributed by atoms with E-state index in [1.807, 2.05) is 0 Å². The van der Waals surface area contributed by atoms with Gasteiger partial charge in [-0.3, -0.25) is 0 Å². The third-order valence-electron chi connectivity index (χ3n) is 3.29. The first kappa shape index (κ1) is 16.0. The monoisotopic (exact) mass is 266 g/mol. The zero-order chi connectivity index (χ0) is 13.9. The maximum absolute atomic E-state index is 8.64. The number of benzene rings is 1. The van der Waals surface area contributed by atoms with Gasteiger partial charge in [0, 0.05) is 0 Å². The Morgan fingerprint density at radius 2 is 1.68 bits per heavy atom. The molecule has 0 aliphatic carbocycles. The van der Waals surface area contributed by atoms with Crippen molar-refractivity contribution in [3.05, 3.63) is 29.3 Å². The Kier molecular flexibility index (Phi) is 8.26. The molecule has 0 aliphatic rings. The van der Waals surface area contributed by atoms with E-state index < -0.39 is 0 Å². The minimum absolute atomic E-state index is 0.281. The van der Waals surface area contributed by atoms with Crippen molar-refractivity contribution in [2.24, 2.45) is 0 Å². The van der Waals surface area contributed by atoms with Crippen LogP contribution < -0.4 is 10.1 Å². The molecule has 0 amide bonds. The maximum atomic E-state index is 8.64. The van der Waals surface area contributed by atoms with Crippen molar-refractivity contribution in [2.45, 2.75) is 39.5 Å². The highest BCUT2D eigenvalue weighted by atomic mass is 16.5. The minimum Gasteiger partial charge on any atom is -0.493 e. The van der Waals surface area contributed by atoms with Gasteiger partial charge < -0.3 is 15.2 Å². The smallest absolute Gasteiger partial charge is 0.125 e. The van der Waals surface area contributed by atoms with Crippen LogP contribution in [0.15, 0.2) is 18.2 Å². The highest BCUT2D eigenvalue weighted by molar-refractivity contribution is 5.39. The number of hydrogen-bond donors (Lipinski definition) is 2. The number of para-hydroxylation sites is 1. The predicted octanol–water partition coefficient (Wildman–Crippen LogP) is 1.80. The van der Waals surface area contributed by atoms with Crippen LogP contribution in [0.1, 0.15) is 36.8 Å². The first-order valence-corrected chi connectivity index (χ1v) is 7.37. The lowest BCUT2D eigenvalue weighted by Gasteiger charge is -2.11. The SMILES string of the molecule is Cc1cccc(C)c1OCCCCCC[NH2+]CCO. The minimum atomic E-state index is 0.281. The number of hydrogen-bond acceptors (Lipinski definition) is 2. The fourth-order valence-electron chi connectivity index (χ4n) is 2.18. The number of quaternary nitrogens is 1. The molecule has 1 aromatic rings. The standard InChI is InChI=1S/C16H27NO2/c1-14-8-7-9-15(2)16(14)19-13-6-4-3-5-10-17-11-12-18/h7-9,17-18H,3-6,10-13H2,1-2H3/p+1. The lowest BCUT2D eigenvalue weighted by Crippen LogP contribution is -2.85. The van der Waals surface area contributed by atoms with Gasteiger partial charge in [-0.05, 0) is 50.7 Å². The Morgan fingerprint density at radius 1 is 1.00 bits per heavy atom. The van der Waals surface area contributed by atoms with E-state index >= 15 is 0 Å². The molecule has 0 spiro atoms. The summed E-state index contributed by atoms with van der Waals surface area (Å²) in [4.78, 5) is 0. The van der Waals surface area contributed by atoms with Gasteiger partial charge in [0.1, 0.15) is 5.75 Å². The van der Waals surface area contributed by atoms with Crippen LogP contribution >= 0.6 is 0 Å². The second-order valence-corrected chi connectivity index (χ2v) is 5.07. The highest BCUT2D eigenvalue weighted by Crippen LogP contribution is 2.22. The lowest BCUT2D eigenvalue weighted by atomic mass is 10.1. The van der Waals surface area contributed by atoms with Crippen LogP contribution in [0.4, 0.5) is 0 Å². The Morgan fingerprint density at radius 3 is 2.37 bits per heavy atom. The number of unbranched alkanes of at least 4 members (excludes halogenated alkanes) is 3. The average molecular weight is 266 g/mol. The third kappa shape index (κ3) is 6.60. The Bertz CT molecular complexity index is 332. The summed E-state index contributed by atoms with van der Waals surface area (Å²) >= 11 is 0. The quantitative estimate of drug-likeness (QED) is 0.634. The number of ether oxygens (including phenoxy) is 1. The van der Waals surface area contributed by atoms with Gasteiger partial charge in [-0.25, -0.2) is 0 Å². The van der Waals surface area contributed by atoms with Gasteiger partial charge in [0.15, 0.2) is 0 Å². The number of nitrogens with two attached hydrogens (primary N) is 1. The molecular formula is C16H28NO2+. The van der Waals surface area contributed by atoms with Gasteiger partial charge in [0.2, 0.25) is 0 Å². The maximum Gasteiger partial charge on any atom is 0.125 e. The fraction of sp³-hybridized carbons (Fsp3) is 0.625. The zero-order valence-corrected chi connectivity index (χ0v) is 12.3. The fourth-order valence-corrected chi connectivity index (χ4v) is 2.18. The number of aryl methyl sites for hydroxylation is 2. The van der Waals surface area contributed by atoms with Crippen molar-refractivity contribution >= 4 is 0 Å². The van der Waals surface area contributed by atoms with Crippen molar-refractivity contribution in [3.8, 4) is 5.75 Å². The molecule has 0 atom stereocenters. The molecule has 1 rings (SSSR count). The Balaban J connectivity index is 2.05. The van der Waals surface area contributed by atoms with E-state index in [2.05, 4.69) is 37.4 Å². The topological polar surface area (TPSA) is 46.1 Å². The van der Waals surface area contributed by atoms with E-state index in [0.29, 0.717) is 0 Å². The van der Waals surface area contributed by atoms with Crippen LogP contribution in [0.3, 0.4) is 0 Å². The van der Waals surface area contributed by atoms with Gasteiger partial charge in [-0.1, -0.05) is 18.2 Å². The molecule has 3 heteroatoms. The van der Waals surface area contributed by atoms with Crippen molar-refractivity contribution in [2.75, 3.05) is 26.3 Å². The molecule has 0 radical (unpaired) electrons. The third-order valence-corrected chi connectivity index (χ3v) is 3.29. The molecule has 0 heterocycles. The number of aliphatic hydroxyl groups is 1. The van der Waals surface area contributed by atoms with Crippen LogP contribution in [0.25, 0.3) is 0 Å². The van der Waals surface area contributed by atoms with E-state index in [9.17, 15) is 0 Å². The second kappa shape index (κ2) is 9.82. The molecule has 3 N–H and O–H groups in total. The van der Waals surface area contributed by atoms with Crippen molar-refractivity contribution < 1.29 is 15.2 Å². The van der Waals surface area contributed by atoms with Gasteiger partial charge in [-0.2, -0.15) is 0 Å². The van der Waals surface area contributed by atoms with Crippen LogP contribution in [0.2, 0.25) is 0 Å². The summed E-state index contributed by atoms with van der Waals surface area (Å²) in [6.45, 7) is 7.24. The Hall–Kier alpha value is -1.06. The van der Waals surface area contributed by atoms with Gasteiger partial charge in [-0.15, -0.1) is 0 Å². The molecule has 19 heavy (non-hydrogen) atoms. The molecular weight excluding hydrogens is 238 g/mol. The van der Waals surface area contributed by atoms with Crippen LogP contribution in [-0.2, 0) is 0 Å². The molecule has 1 aromatic carbocycles. The molecule has 0 saturated carbocycles. The zero-order valence-electron chi connectivity index (χ0n) is 12.3. The van der Waals surface area contributed by atoms with E-state index in [1.54, 1.807) is 0 Å². The molecule has 108 valence electrons. The van der Waals surface area contributed by atoms with Crippen LogP contribution in [-0.4, -0.2) is 31.4 Å². The van der Waals surface area contributed by atoms with Gasteiger partial charge in [0.25, 0.3) is 0 Å². The second-order valence-electron chi connectivity index (χ2n) is 5.07. The summed E-state index contributed by atoms with van der Waals surface area (Å²) in [5.74, 6) is 1.05. The highest BCUT2D eigenvalue weighted by Gasteiger charge is 2.02. The summed E-state index contributed by atoms with van der Waals surface area (Å²) < 4.78 is 5.87. The lowest BCUT2D eigenvalue weighted by molar-refractivity contribution is -0.656. The first-order chi connectivity index (χ1) is 9.25. The predicted molar refractivity (Wildman–Crippen MR) is 78.6 cm³/mol. The summed E-state index contributed by atoms with van der Waals surface area (Å²) in [7, 11) is 0. The van der Waals surface area contributed by atoms with E-state index in [0.717, 1.165) is 31.9 Å². The molecule has 0 fully saturated rings. The normalized spacial score (nSPS) is 10.7. The molecule has 0 aliphatic heterocycles. The number of rotatable bonds is 10. The van der Waals surface area contributed by atoms with Crippen LogP contribution in [0, 0.1) is 13.8 Å². The van der Waals surface area contributed by atoms with Gasteiger partial charge in [0.05, 0.1) is 26.3 Å². The van der Waals surface area contributed by atoms with E-state index in [-0.39, 0.29) is 6.61 Å². The van der Waals surface area contributed by atoms with Crippen LogP contribution in [0.5, 0.6) is 5.75 Å². The molecule has 0 unspecified atom stereocenters. The molecule has 0 aromatic heterocycles. The van der Waals surface area contributed by atoms with Crippen molar-refractivity contribution in [1.82, 2.24) is 0 Å². The van der Waals surface area contributed by atoms with Gasteiger partial charge >= 0.3 is 0 Å². The summed E-state index contributed by atoms with van der Waals surface area (Å²) in [5, 5.41) is 10.8. The van der Waals surface area contributed by atoms with Crippen molar-refractivity contribution in [1.29, 1.82) is 0 Å². The first-order valence-electron chi connectivity index (χ1n) is 7.37. The summed E-state index contributed by atoms with van der Waals surface area (Å²) in [5.41, 5.74) is 2.44. The summed E-state index contributed by atoms with van der Waals surface area (Å²) in [6, 6.07) is 6.26. The molecule has 3 nitrogen and oxygen atoms in total. The molecule has 0 saturated heterocycles. The largest absolute Gasteiger partial charge is 0.493 e. The summed E-state index contributed by atoms with van der Waals surface area (Å²) in [6.07, 6.45) is 4.81. The van der Waals surface area contributed by atoms with E-state index in [1.165, 1.54) is 30.4 Å².